The summed E-state index contributed by atoms with van der Waals surface area (Å²) in [7, 11) is 1.65. The molecule has 1 amide bonds. The van der Waals surface area contributed by atoms with E-state index in [0.29, 0.717) is 6.54 Å². The lowest BCUT2D eigenvalue weighted by Gasteiger charge is -2.40. The molecule has 90 valence electrons. The number of carbonyl (C=O) groups excluding carboxylic acids is 1. The molecule has 1 rings (SSSR count). The number of rotatable bonds is 3. The predicted octanol–water partition coefficient (Wildman–Crippen LogP) is -0.348. The molecule has 0 aromatic heterocycles. The van der Waals surface area contributed by atoms with Crippen LogP contribution in [0.25, 0.3) is 0 Å². The van der Waals surface area contributed by atoms with Crippen molar-refractivity contribution in [1.82, 2.24) is 15.1 Å². The molecule has 0 aromatic carbocycles. The van der Waals surface area contributed by atoms with Gasteiger partial charge < -0.3 is 5.32 Å². The third-order valence-electron chi connectivity index (χ3n) is 3.08. The van der Waals surface area contributed by atoms with Crippen LogP contribution in [0.1, 0.15) is 13.8 Å². The van der Waals surface area contributed by atoms with Crippen LogP contribution in [0.5, 0.6) is 0 Å². The molecule has 1 N–H and O–H groups in total. The standard InChI is InChI=1S/C11H20N4O/c1-11(2,9-12)15-6-4-14(5-7-15)8-10(16)13-3/h4-8H2,1-3H3,(H,13,16). The van der Waals surface area contributed by atoms with E-state index in [9.17, 15) is 4.79 Å². The van der Waals surface area contributed by atoms with Crippen molar-refractivity contribution in [2.45, 2.75) is 19.4 Å². The SMILES string of the molecule is CNC(=O)CN1CCN(C(C)(C)C#N)CC1. The second-order valence-electron chi connectivity index (χ2n) is 4.61. The Kier molecular flexibility index (Phi) is 4.27. The summed E-state index contributed by atoms with van der Waals surface area (Å²) in [5.74, 6) is 0.0491. The lowest BCUT2D eigenvalue weighted by atomic mass is 10.0. The number of likely N-dealkylation sites (N-methyl/N-ethyl adjacent to an activating group) is 1. The molecule has 0 radical (unpaired) electrons. The Morgan fingerprint density at radius 2 is 1.94 bits per heavy atom. The summed E-state index contributed by atoms with van der Waals surface area (Å²) < 4.78 is 0. The van der Waals surface area contributed by atoms with Crippen molar-refractivity contribution in [3.63, 3.8) is 0 Å². The minimum Gasteiger partial charge on any atom is -0.358 e. The minimum atomic E-state index is -0.404. The van der Waals surface area contributed by atoms with E-state index in [-0.39, 0.29) is 5.91 Å². The first-order valence-electron chi connectivity index (χ1n) is 5.59. The highest BCUT2D eigenvalue weighted by Gasteiger charge is 2.29. The van der Waals surface area contributed by atoms with Gasteiger partial charge >= 0.3 is 0 Å². The van der Waals surface area contributed by atoms with Crippen LogP contribution in [0.2, 0.25) is 0 Å². The predicted molar refractivity (Wildman–Crippen MR) is 61.8 cm³/mol. The van der Waals surface area contributed by atoms with Crippen molar-refractivity contribution in [3.8, 4) is 6.07 Å². The Labute approximate surface area is 97.0 Å². The molecule has 1 aliphatic rings. The van der Waals surface area contributed by atoms with Gasteiger partial charge in [-0.25, -0.2) is 0 Å². The summed E-state index contributed by atoms with van der Waals surface area (Å²) in [5, 5.41) is 11.6. The van der Waals surface area contributed by atoms with E-state index in [1.165, 1.54) is 0 Å². The molecule has 1 fully saturated rings. The average molecular weight is 224 g/mol. The van der Waals surface area contributed by atoms with E-state index in [4.69, 9.17) is 5.26 Å². The molecule has 0 saturated carbocycles. The summed E-state index contributed by atoms with van der Waals surface area (Å²) in [5.41, 5.74) is -0.404. The fraction of sp³-hybridized carbons (Fsp3) is 0.818. The number of nitrogens with zero attached hydrogens (tertiary/aromatic N) is 3. The summed E-state index contributed by atoms with van der Waals surface area (Å²) in [6, 6.07) is 2.31. The van der Waals surface area contributed by atoms with Crippen LogP contribution >= 0.6 is 0 Å². The van der Waals surface area contributed by atoms with Crippen LogP contribution in [0.4, 0.5) is 0 Å². The Morgan fingerprint density at radius 1 is 1.38 bits per heavy atom. The molecule has 16 heavy (non-hydrogen) atoms. The third kappa shape index (κ3) is 3.19. The molecule has 0 spiro atoms. The van der Waals surface area contributed by atoms with Gasteiger partial charge in [0.05, 0.1) is 12.6 Å². The summed E-state index contributed by atoms with van der Waals surface area (Å²) >= 11 is 0. The molecule has 1 heterocycles. The fourth-order valence-corrected chi connectivity index (χ4v) is 1.82. The Bertz CT molecular complexity index is 287. The van der Waals surface area contributed by atoms with Gasteiger partial charge in [0.25, 0.3) is 0 Å². The first-order chi connectivity index (χ1) is 7.49. The van der Waals surface area contributed by atoms with E-state index in [1.54, 1.807) is 7.05 Å². The largest absolute Gasteiger partial charge is 0.358 e. The molecule has 0 atom stereocenters. The maximum Gasteiger partial charge on any atom is 0.233 e. The van der Waals surface area contributed by atoms with Gasteiger partial charge in [-0.05, 0) is 13.8 Å². The van der Waals surface area contributed by atoms with Gasteiger partial charge in [-0.1, -0.05) is 0 Å². The molecule has 0 aliphatic carbocycles. The van der Waals surface area contributed by atoms with Gasteiger partial charge in [0, 0.05) is 33.2 Å². The number of hydrogen-bond acceptors (Lipinski definition) is 4. The maximum absolute atomic E-state index is 11.2. The second-order valence-corrected chi connectivity index (χ2v) is 4.61. The number of amides is 1. The van der Waals surface area contributed by atoms with Crippen molar-refractivity contribution in [2.24, 2.45) is 0 Å². The van der Waals surface area contributed by atoms with E-state index in [1.807, 2.05) is 13.8 Å². The topological polar surface area (TPSA) is 59.4 Å². The van der Waals surface area contributed by atoms with Crippen LogP contribution in [0, 0.1) is 11.3 Å². The highest BCUT2D eigenvalue weighted by molar-refractivity contribution is 5.77. The van der Waals surface area contributed by atoms with E-state index in [0.717, 1.165) is 26.2 Å². The molecule has 1 aliphatic heterocycles. The lowest BCUT2D eigenvalue weighted by molar-refractivity contribution is -0.122. The maximum atomic E-state index is 11.2. The number of hydrogen-bond donors (Lipinski definition) is 1. The van der Waals surface area contributed by atoms with Crippen LogP contribution in [0.15, 0.2) is 0 Å². The van der Waals surface area contributed by atoms with Crippen LogP contribution in [0.3, 0.4) is 0 Å². The Balaban J connectivity index is 2.40. The van der Waals surface area contributed by atoms with Gasteiger partial charge in [0.2, 0.25) is 5.91 Å². The zero-order chi connectivity index (χ0) is 12.2. The lowest BCUT2D eigenvalue weighted by Crippen LogP contribution is -2.55. The van der Waals surface area contributed by atoms with E-state index in [2.05, 4.69) is 21.2 Å². The number of nitriles is 1. The first kappa shape index (κ1) is 12.9. The summed E-state index contributed by atoms with van der Waals surface area (Å²) in [4.78, 5) is 15.5. The molecule has 0 bridgehead atoms. The van der Waals surface area contributed by atoms with Crippen LogP contribution in [-0.4, -0.2) is 61.0 Å². The van der Waals surface area contributed by atoms with Crippen molar-refractivity contribution in [3.05, 3.63) is 0 Å². The van der Waals surface area contributed by atoms with Gasteiger partial charge in [0.15, 0.2) is 0 Å². The Hall–Kier alpha value is -1.12. The Morgan fingerprint density at radius 3 is 2.38 bits per heavy atom. The number of piperazine rings is 1. The molecular weight excluding hydrogens is 204 g/mol. The second kappa shape index (κ2) is 5.28. The van der Waals surface area contributed by atoms with Crippen molar-refractivity contribution >= 4 is 5.91 Å². The van der Waals surface area contributed by atoms with E-state index < -0.39 is 5.54 Å². The highest BCUT2D eigenvalue weighted by atomic mass is 16.1. The zero-order valence-electron chi connectivity index (χ0n) is 10.3. The van der Waals surface area contributed by atoms with Gasteiger partial charge in [-0.3, -0.25) is 14.6 Å². The number of carbonyl (C=O) groups is 1. The van der Waals surface area contributed by atoms with Gasteiger partial charge in [-0.2, -0.15) is 5.26 Å². The van der Waals surface area contributed by atoms with Crippen LogP contribution in [-0.2, 0) is 4.79 Å². The quantitative estimate of drug-likeness (QED) is 0.712. The van der Waals surface area contributed by atoms with E-state index >= 15 is 0 Å². The minimum absolute atomic E-state index is 0.0491. The third-order valence-corrected chi connectivity index (χ3v) is 3.08. The smallest absolute Gasteiger partial charge is 0.233 e. The first-order valence-corrected chi connectivity index (χ1v) is 5.59. The van der Waals surface area contributed by atoms with Crippen molar-refractivity contribution in [2.75, 3.05) is 39.8 Å². The van der Waals surface area contributed by atoms with Crippen molar-refractivity contribution < 1.29 is 4.79 Å². The molecule has 5 heteroatoms. The fourth-order valence-electron chi connectivity index (χ4n) is 1.82. The molecule has 0 unspecified atom stereocenters. The summed E-state index contributed by atoms with van der Waals surface area (Å²) in [6.45, 7) is 7.70. The van der Waals surface area contributed by atoms with Gasteiger partial charge in [-0.15, -0.1) is 0 Å². The highest BCUT2D eigenvalue weighted by Crippen LogP contribution is 2.15. The van der Waals surface area contributed by atoms with Crippen molar-refractivity contribution in [1.29, 1.82) is 5.26 Å². The summed E-state index contributed by atoms with van der Waals surface area (Å²) in [6.07, 6.45) is 0. The van der Waals surface area contributed by atoms with Gasteiger partial charge in [0.1, 0.15) is 5.54 Å². The van der Waals surface area contributed by atoms with Crippen LogP contribution < -0.4 is 5.32 Å². The molecule has 5 nitrogen and oxygen atoms in total. The zero-order valence-corrected chi connectivity index (χ0v) is 10.3. The normalized spacial score (nSPS) is 19.1. The molecular formula is C11H20N4O. The average Bonchev–Trinajstić information content (AvgIpc) is 2.29. The monoisotopic (exact) mass is 224 g/mol. The molecule has 0 aromatic rings. The number of nitrogens with one attached hydrogen (secondary N) is 1. The molecule has 1 saturated heterocycles.